The summed E-state index contributed by atoms with van der Waals surface area (Å²) in [5.74, 6) is -1.32. The maximum Gasteiger partial charge on any atom is 6.00 e. The molecule has 0 amide bonds. The molecule has 0 aliphatic heterocycles. The smallest absolute Gasteiger partial charge is 0.467 e. The van der Waals surface area contributed by atoms with E-state index in [1.54, 1.807) is 13.8 Å². The van der Waals surface area contributed by atoms with Gasteiger partial charge in [0, 0.05) is 5.41 Å². The van der Waals surface area contributed by atoms with Gasteiger partial charge in [0.05, 0.1) is 13.2 Å². The fourth-order valence-electron chi connectivity index (χ4n) is 0.985. The van der Waals surface area contributed by atoms with E-state index >= 15 is 0 Å². The Morgan fingerprint density at radius 2 is 1.35 bits per heavy atom. The second kappa shape index (κ2) is 20.3. The summed E-state index contributed by atoms with van der Waals surface area (Å²) in [5.41, 5.74) is -1.45. The van der Waals surface area contributed by atoms with Gasteiger partial charge in [-0.05, 0) is 13.8 Å². The molecule has 0 spiro atoms. The predicted octanol–water partition coefficient (Wildman–Crippen LogP) is 2.28. The quantitative estimate of drug-likeness (QED) is 0.269. The summed E-state index contributed by atoms with van der Waals surface area (Å²) < 4.78 is 24.3. The predicted molar refractivity (Wildman–Crippen MR) is 76.6 cm³/mol. The molecule has 0 fully saturated rings. The van der Waals surface area contributed by atoms with E-state index in [0.717, 1.165) is 0 Å². The Labute approximate surface area is 147 Å². The molecule has 0 saturated heterocycles. The zero-order valence-corrected chi connectivity index (χ0v) is 14.4. The molecular formula is C16H20FeO6+4. The van der Waals surface area contributed by atoms with Crippen molar-refractivity contribution in [3.63, 3.8) is 0 Å². The van der Waals surface area contributed by atoms with Gasteiger partial charge in [0.15, 0.2) is 0 Å². The molecule has 0 heterocycles. The van der Waals surface area contributed by atoms with E-state index in [9.17, 15) is 9.59 Å². The van der Waals surface area contributed by atoms with Crippen LogP contribution in [0.3, 0.4) is 0 Å². The van der Waals surface area contributed by atoms with Gasteiger partial charge in [-0.2, -0.15) is 18.2 Å². The van der Waals surface area contributed by atoms with Gasteiger partial charge >= 0.3 is 39.7 Å². The summed E-state index contributed by atoms with van der Waals surface area (Å²) in [6.45, 7) is 17.6. The zero-order valence-electron chi connectivity index (χ0n) is 13.3. The van der Waals surface area contributed by atoms with Gasteiger partial charge in [-0.15, -0.1) is 0 Å². The van der Waals surface area contributed by atoms with Crippen molar-refractivity contribution in [2.45, 2.75) is 20.8 Å². The minimum Gasteiger partial charge on any atom is -0.467 e. The molecule has 1 aromatic rings. The van der Waals surface area contributed by atoms with Crippen LogP contribution in [-0.2, 0) is 45.4 Å². The number of esters is 2. The van der Waals surface area contributed by atoms with Crippen molar-refractivity contribution in [2.24, 2.45) is 5.41 Å². The minimum absolute atomic E-state index is 0. The molecule has 0 N–H and O–H groups in total. The molecule has 0 bridgehead atoms. The van der Waals surface area contributed by atoms with Gasteiger partial charge in [0.1, 0.15) is 0 Å². The zero-order chi connectivity index (χ0) is 18.0. The first-order valence-electron chi connectivity index (χ1n) is 6.24. The van der Waals surface area contributed by atoms with Crippen molar-refractivity contribution in [3.05, 3.63) is 50.6 Å². The number of carbonyl (C=O) groups excluding carboxylic acids is 2. The Kier molecular flexibility index (Phi) is 25.9. The van der Waals surface area contributed by atoms with E-state index in [1.165, 1.54) is 6.92 Å². The summed E-state index contributed by atoms with van der Waals surface area (Å²) in [6.07, 6.45) is 0. The average molecular weight is 364 g/mol. The molecule has 0 aliphatic rings. The first-order valence-corrected chi connectivity index (χ1v) is 6.24. The Bertz CT molecular complexity index is 377. The van der Waals surface area contributed by atoms with E-state index in [2.05, 4.69) is 29.7 Å². The fraction of sp³-hybridized carbons (Fsp3) is 0.375. The molecule has 0 saturated carbocycles. The SMILES string of the molecule is [C-]#[O+].[C-]#[O+].[CH2-]C(C)(C(=O)OCC)C(=O)OCC.[Fe+6].c1cc[cH-]c1. The summed E-state index contributed by atoms with van der Waals surface area (Å²) in [5, 5.41) is 0. The Morgan fingerprint density at radius 3 is 1.52 bits per heavy atom. The van der Waals surface area contributed by atoms with Crippen LogP contribution < -0.4 is 0 Å². The van der Waals surface area contributed by atoms with Crippen molar-refractivity contribution in [1.29, 1.82) is 0 Å². The van der Waals surface area contributed by atoms with Crippen LogP contribution in [0.1, 0.15) is 20.8 Å². The maximum absolute atomic E-state index is 11.2. The van der Waals surface area contributed by atoms with Crippen LogP contribution in [0, 0.1) is 25.6 Å². The Morgan fingerprint density at radius 1 is 1.04 bits per heavy atom. The molecule has 0 aromatic heterocycles. The third kappa shape index (κ3) is 15.0. The Hall–Kier alpha value is -1.71. The maximum atomic E-state index is 11.2. The Balaban J connectivity index is -0.000000149. The van der Waals surface area contributed by atoms with Gasteiger partial charge < -0.3 is 16.4 Å². The van der Waals surface area contributed by atoms with Crippen LogP contribution in [0.2, 0.25) is 0 Å². The van der Waals surface area contributed by atoms with Crippen molar-refractivity contribution in [1.82, 2.24) is 0 Å². The molecule has 1 rings (SSSR count). The van der Waals surface area contributed by atoms with Crippen LogP contribution in [0.4, 0.5) is 0 Å². The second-order valence-electron chi connectivity index (χ2n) is 3.74. The second-order valence-corrected chi connectivity index (χ2v) is 3.74. The van der Waals surface area contributed by atoms with Crippen molar-refractivity contribution < 1.29 is 45.4 Å². The van der Waals surface area contributed by atoms with E-state index in [0.29, 0.717) is 0 Å². The molecule has 124 valence electrons. The topological polar surface area (TPSA) is 92.4 Å². The molecule has 1 aromatic carbocycles. The summed E-state index contributed by atoms with van der Waals surface area (Å²) >= 11 is 0. The van der Waals surface area contributed by atoms with Gasteiger partial charge in [0.25, 0.3) is 11.9 Å². The van der Waals surface area contributed by atoms with Gasteiger partial charge in [-0.25, -0.2) is 12.1 Å². The fourth-order valence-corrected chi connectivity index (χ4v) is 0.985. The molecule has 0 atom stereocenters. The summed E-state index contributed by atoms with van der Waals surface area (Å²) in [7, 11) is 0. The molecule has 6 nitrogen and oxygen atoms in total. The molecule has 7 heteroatoms. The molecule has 0 aliphatic carbocycles. The van der Waals surface area contributed by atoms with Crippen LogP contribution in [0.25, 0.3) is 0 Å². The molecule has 0 radical (unpaired) electrons. The third-order valence-corrected chi connectivity index (χ3v) is 2.01. The normalized spacial score (nSPS) is 8.00. The summed E-state index contributed by atoms with van der Waals surface area (Å²) in [4.78, 5) is 22.4. The average Bonchev–Trinajstić information content (AvgIpc) is 3.11. The largest absolute Gasteiger partial charge is 6.00 e. The number of rotatable bonds is 4. The van der Waals surface area contributed by atoms with Crippen LogP contribution in [0.5, 0.6) is 0 Å². The summed E-state index contributed by atoms with van der Waals surface area (Å²) in [6, 6.07) is 10.0. The van der Waals surface area contributed by atoms with Crippen LogP contribution >= 0.6 is 0 Å². The van der Waals surface area contributed by atoms with Gasteiger partial charge in [-0.1, -0.05) is 6.92 Å². The first kappa shape index (κ1) is 29.3. The first-order chi connectivity index (χ1) is 10.5. The van der Waals surface area contributed by atoms with Crippen molar-refractivity contribution >= 4 is 11.9 Å². The monoisotopic (exact) mass is 364 g/mol. The van der Waals surface area contributed by atoms with Gasteiger partial charge in [-0.3, -0.25) is 9.59 Å². The van der Waals surface area contributed by atoms with E-state index in [1.807, 2.05) is 30.3 Å². The van der Waals surface area contributed by atoms with Crippen molar-refractivity contribution in [2.75, 3.05) is 13.2 Å². The molecule has 23 heavy (non-hydrogen) atoms. The van der Waals surface area contributed by atoms with Crippen LogP contribution in [0.15, 0.2) is 30.3 Å². The van der Waals surface area contributed by atoms with Crippen molar-refractivity contribution in [3.8, 4) is 0 Å². The number of hydrogen-bond acceptors (Lipinski definition) is 4. The standard InChI is InChI=1S/C9H15O4.C5H5.2CO.Fe/c1-5-12-7(10)9(3,4)8(11)13-6-2;1-2-4-5-3-1;2*1-2;/h3,5-6H2,1-2,4H3;1-5H;;;/q2*-1;;;+6. The minimum atomic E-state index is -1.45. The number of carbonyl (C=O) groups is 2. The number of hydrogen-bond donors (Lipinski definition) is 0. The van der Waals surface area contributed by atoms with Gasteiger partial charge in [0.2, 0.25) is 0 Å². The molecule has 0 unspecified atom stereocenters. The van der Waals surface area contributed by atoms with E-state index in [4.69, 9.17) is 9.30 Å². The number of ether oxygens (including phenoxy) is 2. The molecular weight excluding hydrogens is 344 g/mol. The van der Waals surface area contributed by atoms with E-state index in [-0.39, 0.29) is 30.3 Å². The third-order valence-electron chi connectivity index (χ3n) is 2.01. The van der Waals surface area contributed by atoms with E-state index < -0.39 is 17.4 Å². The van der Waals surface area contributed by atoms with Crippen LogP contribution in [-0.4, -0.2) is 25.2 Å².